The number of hydrogen-bond acceptors (Lipinski definition) is 4. The molecule has 0 saturated heterocycles. The van der Waals surface area contributed by atoms with Gasteiger partial charge in [0.05, 0.1) is 22.1 Å². The second-order valence-corrected chi connectivity index (χ2v) is 6.10. The summed E-state index contributed by atoms with van der Waals surface area (Å²) in [5.74, 6) is 0. The van der Waals surface area contributed by atoms with Gasteiger partial charge in [0.1, 0.15) is 0 Å². The van der Waals surface area contributed by atoms with Gasteiger partial charge in [-0.1, -0.05) is 18.2 Å². The lowest BCUT2D eigenvalue weighted by molar-refractivity contribution is 0.598. The molecule has 0 amide bonds. The lowest BCUT2D eigenvalue weighted by atomic mass is 10.0. The van der Waals surface area contributed by atoms with E-state index in [1.807, 2.05) is 0 Å². The summed E-state index contributed by atoms with van der Waals surface area (Å²) in [5.41, 5.74) is 1.76. The number of sulfonamides is 1. The summed E-state index contributed by atoms with van der Waals surface area (Å²) in [6, 6.07) is 11.4. The summed E-state index contributed by atoms with van der Waals surface area (Å²) in [4.78, 5) is 18.3. The molecular formula is C14H11N3O3S. The molecule has 3 N–H and O–H groups in total. The van der Waals surface area contributed by atoms with Crippen molar-refractivity contribution in [3.63, 3.8) is 0 Å². The summed E-state index contributed by atoms with van der Waals surface area (Å²) < 4.78 is 22.8. The van der Waals surface area contributed by atoms with E-state index in [0.717, 1.165) is 5.56 Å². The van der Waals surface area contributed by atoms with Gasteiger partial charge >= 0.3 is 0 Å². The van der Waals surface area contributed by atoms with Crippen LogP contribution in [0.2, 0.25) is 0 Å². The van der Waals surface area contributed by atoms with Crippen LogP contribution in [-0.4, -0.2) is 18.4 Å². The second kappa shape index (κ2) is 4.80. The molecule has 0 bridgehead atoms. The first-order valence-electron chi connectivity index (χ1n) is 6.06. The van der Waals surface area contributed by atoms with E-state index >= 15 is 0 Å². The molecule has 7 heteroatoms. The summed E-state index contributed by atoms with van der Waals surface area (Å²) in [6.45, 7) is 0. The molecule has 106 valence electrons. The summed E-state index contributed by atoms with van der Waals surface area (Å²) in [7, 11) is -3.75. The van der Waals surface area contributed by atoms with Gasteiger partial charge in [-0.15, -0.1) is 0 Å². The standard InChI is InChI=1S/C14H11N3O3S/c15-21(19,20)11-3-1-2-9(6-11)10-4-5-12-13(7-10)16-8-17-14(12)18/h1-8H,(H2,15,19,20)(H,16,17,18). The molecule has 0 fully saturated rings. The molecule has 6 nitrogen and oxygen atoms in total. The molecular weight excluding hydrogens is 290 g/mol. The number of nitrogens with zero attached hydrogens (tertiary/aromatic N) is 1. The van der Waals surface area contributed by atoms with Crippen molar-refractivity contribution in [1.29, 1.82) is 0 Å². The molecule has 21 heavy (non-hydrogen) atoms. The van der Waals surface area contributed by atoms with Gasteiger partial charge in [-0.05, 0) is 35.4 Å². The quantitative estimate of drug-likeness (QED) is 0.742. The van der Waals surface area contributed by atoms with Gasteiger partial charge in [-0.3, -0.25) is 4.79 Å². The van der Waals surface area contributed by atoms with Gasteiger partial charge in [0, 0.05) is 0 Å². The molecule has 0 atom stereocenters. The lowest BCUT2D eigenvalue weighted by Crippen LogP contribution is -2.11. The molecule has 0 spiro atoms. The average molecular weight is 301 g/mol. The SMILES string of the molecule is NS(=O)(=O)c1cccc(-c2ccc3c(=O)[nH]cnc3c2)c1. The number of rotatable bonds is 2. The fourth-order valence-electron chi connectivity index (χ4n) is 2.10. The van der Waals surface area contributed by atoms with E-state index in [4.69, 9.17) is 5.14 Å². The van der Waals surface area contributed by atoms with Crippen LogP contribution in [0.5, 0.6) is 0 Å². The third-order valence-corrected chi connectivity index (χ3v) is 4.05. The number of primary sulfonamides is 1. The van der Waals surface area contributed by atoms with Crippen molar-refractivity contribution >= 4 is 20.9 Å². The van der Waals surface area contributed by atoms with Crippen LogP contribution in [0.1, 0.15) is 0 Å². The second-order valence-electron chi connectivity index (χ2n) is 4.54. The van der Waals surface area contributed by atoms with Crippen LogP contribution in [0.4, 0.5) is 0 Å². The molecule has 1 aromatic heterocycles. The molecule has 0 aliphatic heterocycles. The molecule has 0 aliphatic rings. The van der Waals surface area contributed by atoms with Crippen molar-refractivity contribution in [1.82, 2.24) is 9.97 Å². The van der Waals surface area contributed by atoms with Crippen LogP contribution < -0.4 is 10.7 Å². The Labute approximate surface area is 120 Å². The first-order valence-corrected chi connectivity index (χ1v) is 7.60. The van der Waals surface area contributed by atoms with Crippen molar-refractivity contribution in [2.24, 2.45) is 5.14 Å². The van der Waals surface area contributed by atoms with Crippen molar-refractivity contribution < 1.29 is 8.42 Å². The topological polar surface area (TPSA) is 106 Å². The van der Waals surface area contributed by atoms with Crippen molar-refractivity contribution in [2.75, 3.05) is 0 Å². The molecule has 3 aromatic rings. The van der Waals surface area contributed by atoms with Crippen LogP contribution in [-0.2, 0) is 10.0 Å². The highest BCUT2D eigenvalue weighted by molar-refractivity contribution is 7.89. The normalized spacial score (nSPS) is 11.7. The number of fused-ring (bicyclic) bond motifs is 1. The Morgan fingerprint density at radius 2 is 1.81 bits per heavy atom. The van der Waals surface area contributed by atoms with Gasteiger partial charge in [0.15, 0.2) is 0 Å². The Hall–Kier alpha value is -2.51. The number of hydrogen-bond donors (Lipinski definition) is 2. The fraction of sp³-hybridized carbons (Fsp3) is 0. The van der Waals surface area contributed by atoms with E-state index in [0.29, 0.717) is 16.5 Å². The largest absolute Gasteiger partial charge is 0.313 e. The van der Waals surface area contributed by atoms with E-state index in [1.165, 1.54) is 18.5 Å². The highest BCUT2D eigenvalue weighted by Crippen LogP contribution is 2.24. The molecule has 0 saturated carbocycles. The van der Waals surface area contributed by atoms with Crippen LogP contribution in [0.3, 0.4) is 0 Å². The maximum absolute atomic E-state index is 11.6. The van der Waals surface area contributed by atoms with E-state index < -0.39 is 10.0 Å². The Morgan fingerprint density at radius 3 is 2.57 bits per heavy atom. The highest BCUT2D eigenvalue weighted by atomic mass is 32.2. The van der Waals surface area contributed by atoms with Gasteiger partial charge in [-0.25, -0.2) is 18.5 Å². The van der Waals surface area contributed by atoms with Gasteiger partial charge in [0.25, 0.3) is 5.56 Å². The third kappa shape index (κ3) is 2.56. The Kier molecular flexibility index (Phi) is 3.08. The number of aromatic nitrogens is 2. The van der Waals surface area contributed by atoms with Crippen LogP contribution >= 0.6 is 0 Å². The first-order chi connectivity index (χ1) is 9.95. The van der Waals surface area contributed by atoms with Crippen molar-refractivity contribution in [3.8, 4) is 11.1 Å². The molecule has 0 aliphatic carbocycles. The van der Waals surface area contributed by atoms with Crippen LogP contribution in [0.25, 0.3) is 22.0 Å². The van der Waals surface area contributed by atoms with E-state index in [-0.39, 0.29) is 10.5 Å². The number of nitrogens with one attached hydrogen (secondary N) is 1. The fourth-order valence-corrected chi connectivity index (χ4v) is 2.66. The van der Waals surface area contributed by atoms with E-state index in [1.54, 1.807) is 30.3 Å². The maximum atomic E-state index is 11.6. The molecule has 0 unspecified atom stereocenters. The number of aromatic amines is 1. The third-order valence-electron chi connectivity index (χ3n) is 3.14. The molecule has 3 rings (SSSR count). The smallest absolute Gasteiger partial charge is 0.258 e. The molecule has 1 heterocycles. The Morgan fingerprint density at radius 1 is 1.05 bits per heavy atom. The molecule has 0 radical (unpaired) electrons. The van der Waals surface area contributed by atoms with Crippen molar-refractivity contribution in [2.45, 2.75) is 4.90 Å². The van der Waals surface area contributed by atoms with E-state index in [9.17, 15) is 13.2 Å². The van der Waals surface area contributed by atoms with Crippen molar-refractivity contribution in [3.05, 3.63) is 59.1 Å². The minimum absolute atomic E-state index is 0.0407. The monoisotopic (exact) mass is 301 g/mol. The zero-order chi connectivity index (χ0) is 15.0. The average Bonchev–Trinajstić information content (AvgIpc) is 2.46. The van der Waals surface area contributed by atoms with Gasteiger partial charge < -0.3 is 4.98 Å². The van der Waals surface area contributed by atoms with Gasteiger partial charge in [-0.2, -0.15) is 0 Å². The summed E-state index contributed by atoms with van der Waals surface area (Å²) >= 11 is 0. The summed E-state index contributed by atoms with van der Waals surface area (Å²) in [6.07, 6.45) is 1.33. The zero-order valence-corrected chi connectivity index (χ0v) is 11.6. The minimum atomic E-state index is -3.75. The van der Waals surface area contributed by atoms with Gasteiger partial charge in [0.2, 0.25) is 10.0 Å². The number of benzene rings is 2. The predicted molar refractivity (Wildman–Crippen MR) is 79.2 cm³/mol. The number of H-pyrrole nitrogens is 1. The minimum Gasteiger partial charge on any atom is -0.313 e. The maximum Gasteiger partial charge on any atom is 0.258 e. The van der Waals surface area contributed by atoms with E-state index in [2.05, 4.69) is 9.97 Å². The highest BCUT2D eigenvalue weighted by Gasteiger charge is 2.09. The number of nitrogens with two attached hydrogens (primary N) is 1. The Balaban J connectivity index is 2.19. The summed E-state index contributed by atoms with van der Waals surface area (Å²) in [5, 5.41) is 5.60. The lowest BCUT2D eigenvalue weighted by Gasteiger charge is -2.05. The predicted octanol–water partition coefficient (Wildman–Crippen LogP) is 1.24. The zero-order valence-electron chi connectivity index (χ0n) is 10.8. The Bertz CT molecular complexity index is 994. The van der Waals surface area contributed by atoms with Crippen LogP contribution in [0, 0.1) is 0 Å². The first kappa shape index (κ1) is 13.5. The molecule has 2 aromatic carbocycles. The van der Waals surface area contributed by atoms with Crippen LogP contribution in [0.15, 0.2) is 58.5 Å².